The van der Waals surface area contributed by atoms with E-state index in [9.17, 15) is 21.6 Å². The Morgan fingerprint density at radius 1 is 0.892 bits per heavy atom. The van der Waals surface area contributed by atoms with E-state index in [1.54, 1.807) is 36.4 Å². The number of pyridine rings is 1. The van der Waals surface area contributed by atoms with Crippen molar-refractivity contribution in [3.63, 3.8) is 0 Å². The zero-order valence-electron chi connectivity index (χ0n) is 19.9. The summed E-state index contributed by atoms with van der Waals surface area (Å²) in [5.74, 6) is 0.412. The van der Waals surface area contributed by atoms with Gasteiger partial charge in [0.15, 0.2) is 12.5 Å². The third-order valence-corrected chi connectivity index (χ3v) is 8.60. The summed E-state index contributed by atoms with van der Waals surface area (Å²) >= 11 is 0. The van der Waals surface area contributed by atoms with Gasteiger partial charge in [0.25, 0.3) is 26.5 Å². The maximum atomic E-state index is 13.5. The summed E-state index contributed by atoms with van der Waals surface area (Å²) in [6, 6.07) is 18.6. The minimum Gasteiger partial charge on any atom is -0.497 e. The van der Waals surface area contributed by atoms with Gasteiger partial charge in [-0.1, -0.05) is 42.0 Å². The number of sulfonamides is 2. The number of ether oxygens (including phenoxy) is 2. The van der Waals surface area contributed by atoms with Gasteiger partial charge in [0.2, 0.25) is 0 Å². The molecule has 0 aliphatic rings. The molecule has 1 heterocycles. The number of anilines is 2. The van der Waals surface area contributed by atoms with Crippen molar-refractivity contribution in [2.45, 2.75) is 16.7 Å². The third-order valence-electron chi connectivity index (χ3n) is 5.49. The minimum atomic E-state index is -4.25. The van der Waals surface area contributed by atoms with Crippen LogP contribution in [0.2, 0.25) is 0 Å². The second kappa shape index (κ2) is 10.4. The number of rotatable bonds is 10. The molecule has 0 atom stereocenters. The topological polar surface area (TPSA) is 132 Å². The first-order valence-electron chi connectivity index (χ1n) is 10.9. The second-order valence-corrected chi connectivity index (χ2v) is 11.4. The molecule has 0 amide bonds. The molecule has 1 N–H and O–H groups in total. The van der Waals surface area contributed by atoms with Gasteiger partial charge in [0.1, 0.15) is 5.75 Å². The number of hydrogen-bond donors (Lipinski definition) is 1. The standard InChI is InChI=1S/C25H23N3O7S2/c1-18-7-11-20(12-8-18)36(30,31)27-24-15-26-25(23-6-4-3-5-22(23)24)28(16-35-17-29)37(32,33)21-13-9-19(34-2)10-14-21/h3-15,17,27H,16H2,1-2H3. The minimum absolute atomic E-state index is 0.0495. The number of methoxy groups -OCH3 is 1. The van der Waals surface area contributed by atoms with Gasteiger partial charge in [-0.05, 0) is 43.3 Å². The second-order valence-electron chi connectivity index (χ2n) is 7.88. The first kappa shape index (κ1) is 25.9. The van der Waals surface area contributed by atoms with Gasteiger partial charge < -0.3 is 9.47 Å². The Hall–Kier alpha value is -4.16. The molecule has 0 saturated carbocycles. The van der Waals surface area contributed by atoms with Crippen LogP contribution in [0.1, 0.15) is 5.56 Å². The number of aryl methyl sites for hydroxylation is 1. The number of carbonyl (C=O) groups is 1. The molecule has 12 heteroatoms. The Labute approximate surface area is 214 Å². The summed E-state index contributed by atoms with van der Waals surface area (Å²) in [4.78, 5) is 15.2. The highest BCUT2D eigenvalue weighted by atomic mass is 32.2. The number of aromatic nitrogens is 1. The maximum absolute atomic E-state index is 13.5. The lowest BCUT2D eigenvalue weighted by Crippen LogP contribution is -2.34. The molecule has 4 aromatic rings. The van der Waals surface area contributed by atoms with Crippen molar-refractivity contribution in [3.8, 4) is 5.75 Å². The Bertz CT molecular complexity index is 1640. The molecule has 4 rings (SSSR count). The quantitative estimate of drug-likeness (QED) is 0.238. The molecule has 3 aromatic carbocycles. The molecule has 0 bridgehead atoms. The van der Waals surface area contributed by atoms with Gasteiger partial charge in [0, 0.05) is 10.8 Å². The number of nitrogens with zero attached hydrogens (tertiary/aromatic N) is 2. The van der Waals surface area contributed by atoms with Gasteiger partial charge in [-0.3, -0.25) is 9.52 Å². The molecule has 0 aliphatic heterocycles. The van der Waals surface area contributed by atoms with Crippen LogP contribution < -0.4 is 13.8 Å². The molecule has 37 heavy (non-hydrogen) atoms. The average molecular weight is 542 g/mol. The van der Waals surface area contributed by atoms with E-state index in [1.807, 2.05) is 6.92 Å². The van der Waals surface area contributed by atoms with Crippen molar-refractivity contribution in [2.24, 2.45) is 0 Å². The van der Waals surface area contributed by atoms with E-state index in [0.29, 0.717) is 16.5 Å². The highest BCUT2D eigenvalue weighted by Crippen LogP contribution is 2.34. The lowest BCUT2D eigenvalue weighted by molar-refractivity contribution is -0.128. The summed E-state index contributed by atoms with van der Waals surface area (Å²) in [5.41, 5.74) is 1.06. The molecule has 0 saturated heterocycles. The normalized spacial score (nSPS) is 11.6. The van der Waals surface area contributed by atoms with Gasteiger partial charge in [-0.25, -0.2) is 26.1 Å². The monoisotopic (exact) mass is 541 g/mol. The Balaban J connectivity index is 1.81. The molecule has 1 aromatic heterocycles. The predicted molar refractivity (Wildman–Crippen MR) is 138 cm³/mol. The zero-order valence-corrected chi connectivity index (χ0v) is 21.5. The van der Waals surface area contributed by atoms with Crippen LogP contribution >= 0.6 is 0 Å². The van der Waals surface area contributed by atoms with E-state index in [2.05, 4.69) is 9.71 Å². The van der Waals surface area contributed by atoms with E-state index in [1.165, 1.54) is 49.7 Å². The molecule has 192 valence electrons. The fourth-order valence-corrected chi connectivity index (χ4v) is 5.97. The zero-order chi connectivity index (χ0) is 26.6. The summed E-state index contributed by atoms with van der Waals surface area (Å²) in [6.07, 6.45) is 1.22. The van der Waals surface area contributed by atoms with Crippen molar-refractivity contribution in [1.29, 1.82) is 0 Å². The molecule has 0 spiro atoms. The van der Waals surface area contributed by atoms with Crippen LogP contribution in [0.4, 0.5) is 11.5 Å². The van der Waals surface area contributed by atoms with E-state index in [-0.39, 0.29) is 27.8 Å². The predicted octanol–water partition coefficient (Wildman–Crippen LogP) is 3.68. The van der Waals surface area contributed by atoms with Gasteiger partial charge in [0.05, 0.1) is 28.8 Å². The summed E-state index contributed by atoms with van der Waals surface area (Å²) in [6.45, 7) is 1.33. The number of benzene rings is 3. The van der Waals surface area contributed by atoms with Crippen molar-refractivity contribution in [1.82, 2.24) is 4.98 Å². The number of nitrogens with one attached hydrogen (secondary N) is 1. The van der Waals surface area contributed by atoms with Gasteiger partial charge in [-0.15, -0.1) is 0 Å². The SMILES string of the molecule is COc1ccc(S(=O)(=O)N(COC=O)c2ncc(NS(=O)(=O)c3ccc(C)cc3)c3ccccc23)cc1. The summed E-state index contributed by atoms with van der Waals surface area (Å²) in [5, 5.41) is 0.711. The third kappa shape index (κ3) is 5.34. The van der Waals surface area contributed by atoms with Crippen LogP contribution in [0.5, 0.6) is 5.75 Å². The molecule has 0 unspecified atom stereocenters. The van der Waals surface area contributed by atoms with Crippen molar-refractivity contribution < 1.29 is 31.1 Å². The van der Waals surface area contributed by atoms with E-state index in [4.69, 9.17) is 9.47 Å². The van der Waals surface area contributed by atoms with E-state index < -0.39 is 26.8 Å². The highest BCUT2D eigenvalue weighted by Gasteiger charge is 2.29. The van der Waals surface area contributed by atoms with Crippen LogP contribution in [-0.4, -0.2) is 42.1 Å². The molecule has 0 radical (unpaired) electrons. The van der Waals surface area contributed by atoms with Crippen molar-refractivity contribution in [2.75, 3.05) is 22.9 Å². The van der Waals surface area contributed by atoms with E-state index in [0.717, 1.165) is 9.87 Å². The lowest BCUT2D eigenvalue weighted by atomic mass is 10.1. The Kier molecular flexibility index (Phi) is 7.32. The summed E-state index contributed by atoms with van der Waals surface area (Å²) < 4.78 is 66.4. The van der Waals surface area contributed by atoms with Crippen LogP contribution in [0.25, 0.3) is 10.8 Å². The average Bonchev–Trinajstić information content (AvgIpc) is 2.90. The number of hydrogen-bond acceptors (Lipinski definition) is 8. The summed E-state index contributed by atoms with van der Waals surface area (Å²) in [7, 11) is -6.74. The van der Waals surface area contributed by atoms with Crippen molar-refractivity contribution >= 4 is 48.8 Å². The van der Waals surface area contributed by atoms with Gasteiger partial charge >= 0.3 is 0 Å². The van der Waals surface area contributed by atoms with Crippen LogP contribution in [0.3, 0.4) is 0 Å². The largest absolute Gasteiger partial charge is 0.497 e. The first-order chi connectivity index (χ1) is 17.7. The fourth-order valence-electron chi connectivity index (χ4n) is 3.60. The molecule has 0 aliphatic carbocycles. The molecule has 0 fully saturated rings. The highest BCUT2D eigenvalue weighted by molar-refractivity contribution is 7.93. The van der Waals surface area contributed by atoms with Crippen LogP contribution in [0.15, 0.2) is 88.8 Å². The fraction of sp³-hybridized carbons (Fsp3) is 0.120. The smallest absolute Gasteiger partial charge is 0.294 e. The first-order valence-corrected chi connectivity index (χ1v) is 13.8. The molecular weight excluding hydrogens is 518 g/mol. The van der Waals surface area contributed by atoms with Crippen LogP contribution in [-0.2, 0) is 29.6 Å². The maximum Gasteiger partial charge on any atom is 0.294 e. The number of carbonyl (C=O) groups excluding carboxylic acids is 1. The molecular formula is C25H23N3O7S2. The lowest BCUT2D eigenvalue weighted by Gasteiger charge is -2.24. The van der Waals surface area contributed by atoms with Crippen molar-refractivity contribution in [3.05, 3.63) is 84.6 Å². The Morgan fingerprint density at radius 2 is 1.51 bits per heavy atom. The number of fused-ring (bicyclic) bond motifs is 1. The van der Waals surface area contributed by atoms with E-state index >= 15 is 0 Å². The van der Waals surface area contributed by atoms with Crippen LogP contribution in [0, 0.1) is 6.92 Å². The Morgan fingerprint density at radius 3 is 2.14 bits per heavy atom. The molecule has 10 nitrogen and oxygen atoms in total. The van der Waals surface area contributed by atoms with Gasteiger partial charge in [-0.2, -0.15) is 0 Å².